The fourth-order valence-corrected chi connectivity index (χ4v) is 2.67. The van der Waals surface area contributed by atoms with Crippen molar-refractivity contribution in [1.82, 2.24) is 10.2 Å². The van der Waals surface area contributed by atoms with Crippen molar-refractivity contribution in [2.24, 2.45) is 5.92 Å². The minimum absolute atomic E-state index is 0.770. The molecule has 2 nitrogen and oxygen atoms in total. The lowest BCUT2D eigenvalue weighted by Gasteiger charge is -2.36. The Morgan fingerprint density at radius 1 is 1.19 bits per heavy atom. The van der Waals surface area contributed by atoms with Crippen LogP contribution < -0.4 is 5.32 Å². The second-order valence-electron chi connectivity index (χ2n) is 5.63. The predicted molar refractivity (Wildman–Crippen MR) is 69.7 cm³/mol. The number of rotatable bonds is 8. The van der Waals surface area contributed by atoms with E-state index in [0.717, 1.165) is 18.0 Å². The van der Waals surface area contributed by atoms with E-state index in [4.69, 9.17) is 0 Å². The van der Waals surface area contributed by atoms with Crippen molar-refractivity contribution < 1.29 is 0 Å². The molecule has 1 atom stereocenters. The third-order valence-electron chi connectivity index (χ3n) is 4.33. The summed E-state index contributed by atoms with van der Waals surface area (Å²) in [5, 5.41) is 3.69. The van der Waals surface area contributed by atoms with Crippen molar-refractivity contribution in [3.05, 3.63) is 0 Å². The molecule has 0 bridgehead atoms. The molecule has 0 aromatic heterocycles. The van der Waals surface area contributed by atoms with E-state index in [1.165, 1.54) is 58.2 Å². The fourth-order valence-electron chi connectivity index (χ4n) is 2.67. The first-order valence-corrected chi connectivity index (χ1v) is 7.30. The number of likely N-dealkylation sites (N-methyl/N-ethyl adjacent to an activating group) is 1. The van der Waals surface area contributed by atoms with Crippen molar-refractivity contribution in [3.63, 3.8) is 0 Å². The maximum atomic E-state index is 3.69. The molecular weight excluding hydrogens is 196 g/mol. The lowest BCUT2D eigenvalue weighted by atomic mass is 9.85. The average Bonchev–Trinajstić information content (AvgIpc) is 3.04. The van der Waals surface area contributed by atoms with Crippen LogP contribution in [0.15, 0.2) is 0 Å². The highest BCUT2D eigenvalue weighted by Crippen LogP contribution is 2.28. The van der Waals surface area contributed by atoms with Gasteiger partial charge in [0.25, 0.3) is 0 Å². The summed E-state index contributed by atoms with van der Waals surface area (Å²) in [7, 11) is 0. The Morgan fingerprint density at radius 3 is 2.38 bits per heavy atom. The maximum Gasteiger partial charge on any atom is 0.0218 e. The van der Waals surface area contributed by atoms with Crippen molar-refractivity contribution >= 4 is 0 Å². The molecule has 2 fully saturated rings. The van der Waals surface area contributed by atoms with Crippen LogP contribution in [0.3, 0.4) is 0 Å². The zero-order valence-electron chi connectivity index (χ0n) is 11.0. The zero-order chi connectivity index (χ0) is 11.4. The molecule has 1 unspecified atom stereocenters. The maximum absolute atomic E-state index is 3.69. The smallest absolute Gasteiger partial charge is 0.0218 e. The summed E-state index contributed by atoms with van der Waals surface area (Å²) in [6.45, 7) is 8.44. The van der Waals surface area contributed by atoms with E-state index >= 15 is 0 Å². The third-order valence-corrected chi connectivity index (χ3v) is 4.33. The van der Waals surface area contributed by atoms with Gasteiger partial charge in [-0.3, -0.25) is 4.90 Å². The molecular formula is C14H28N2. The molecule has 0 saturated heterocycles. The van der Waals surface area contributed by atoms with Gasteiger partial charge in [0.1, 0.15) is 0 Å². The highest BCUT2D eigenvalue weighted by molar-refractivity contribution is 4.85. The summed E-state index contributed by atoms with van der Waals surface area (Å²) in [4.78, 5) is 2.71. The van der Waals surface area contributed by atoms with Crippen molar-refractivity contribution in [2.75, 3.05) is 19.6 Å². The Labute approximate surface area is 101 Å². The molecule has 2 saturated carbocycles. The molecule has 0 spiro atoms. The summed E-state index contributed by atoms with van der Waals surface area (Å²) in [6.07, 6.45) is 8.53. The largest absolute Gasteiger partial charge is 0.312 e. The molecule has 0 aromatic carbocycles. The highest BCUT2D eigenvalue weighted by Gasteiger charge is 2.26. The minimum Gasteiger partial charge on any atom is -0.312 e. The van der Waals surface area contributed by atoms with Gasteiger partial charge in [0.15, 0.2) is 0 Å². The fraction of sp³-hybridized carbons (Fsp3) is 1.00. The predicted octanol–water partition coefficient (Wildman–Crippen LogP) is 2.64. The van der Waals surface area contributed by atoms with E-state index in [0.29, 0.717) is 0 Å². The molecule has 1 N–H and O–H groups in total. The van der Waals surface area contributed by atoms with Gasteiger partial charge in [-0.2, -0.15) is 0 Å². The molecule has 2 aliphatic carbocycles. The van der Waals surface area contributed by atoms with Crippen LogP contribution in [0.5, 0.6) is 0 Å². The van der Waals surface area contributed by atoms with Gasteiger partial charge in [0.2, 0.25) is 0 Å². The SMILES string of the molecule is CCC(CNC1CC1)N(CC)CC1CCC1. The Hall–Kier alpha value is -0.0800. The summed E-state index contributed by atoms with van der Waals surface area (Å²) in [5.41, 5.74) is 0. The molecule has 0 amide bonds. The Morgan fingerprint density at radius 2 is 1.94 bits per heavy atom. The van der Waals surface area contributed by atoms with Gasteiger partial charge in [0, 0.05) is 25.2 Å². The quantitative estimate of drug-likeness (QED) is 0.682. The Kier molecular flexibility index (Phi) is 4.66. The second kappa shape index (κ2) is 6.02. The molecule has 0 aliphatic heterocycles. The lowest BCUT2D eigenvalue weighted by Crippen LogP contribution is -2.45. The summed E-state index contributed by atoms with van der Waals surface area (Å²) in [5.74, 6) is 1.01. The summed E-state index contributed by atoms with van der Waals surface area (Å²) in [6, 6.07) is 1.63. The van der Waals surface area contributed by atoms with Gasteiger partial charge in [-0.15, -0.1) is 0 Å². The first-order chi connectivity index (χ1) is 7.83. The van der Waals surface area contributed by atoms with Crippen LogP contribution in [0, 0.1) is 5.92 Å². The topological polar surface area (TPSA) is 15.3 Å². The van der Waals surface area contributed by atoms with E-state index in [9.17, 15) is 0 Å². The van der Waals surface area contributed by atoms with Crippen LogP contribution in [0.25, 0.3) is 0 Å². The van der Waals surface area contributed by atoms with Crippen LogP contribution in [0.4, 0.5) is 0 Å². The molecule has 0 heterocycles. The van der Waals surface area contributed by atoms with E-state index < -0.39 is 0 Å². The first-order valence-electron chi connectivity index (χ1n) is 7.30. The molecule has 94 valence electrons. The van der Waals surface area contributed by atoms with E-state index in [1.54, 1.807) is 0 Å². The van der Waals surface area contributed by atoms with Gasteiger partial charge in [-0.25, -0.2) is 0 Å². The van der Waals surface area contributed by atoms with Crippen LogP contribution >= 0.6 is 0 Å². The first kappa shape index (κ1) is 12.4. The summed E-state index contributed by atoms with van der Waals surface area (Å²) >= 11 is 0. The monoisotopic (exact) mass is 224 g/mol. The normalized spacial score (nSPS) is 23.4. The average molecular weight is 224 g/mol. The van der Waals surface area contributed by atoms with E-state index in [2.05, 4.69) is 24.1 Å². The van der Waals surface area contributed by atoms with Crippen molar-refractivity contribution in [2.45, 2.75) is 64.5 Å². The Balaban J connectivity index is 1.72. The molecule has 0 aromatic rings. The molecule has 2 aliphatic rings. The van der Waals surface area contributed by atoms with Gasteiger partial charge in [-0.1, -0.05) is 20.3 Å². The molecule has 16 heavy (non-hydrogen) atoms. The van der Waals surface area contributed by atoms with Gasteiger partial charge in [0.05, 0.1) is 0 Å². The number of nitrogens with zero attached hydrogens (tertiary/aromatic N) is 1. The number of hydrogen-bond donors (Lipinski definition) is 1. The van der Waals surface area contributed by atoms with Crippen LogP contribution in [0.2, 0.25) is 0 Å². The summed E-state index contributed by atoms with van der Waals surface area (Å²) < 4.78 is 0. The molecule has 2 heteroatoms. The van der Waals surface area contributed by atoms with Gasteiger partial charge < -0.3 is 5.32 Å². The van der Waals surface area contributed by atoms with Crippen molar-refractivity contribution in [3.8, 4) is 0 Å². The lowest BCUT2D eigenvalue weighted by molar-refractivity contribution is 0.133. The number of hydrogen-bond acceptors (Lipinski definition) is 2. The van der Waals surface area contributed by atoms with E-state index in [-0.39, 0.29) is 0 Å². The minimum atomic E-state index is 0.770. The standard InChI is InChI=1S/C14H28N2/c1-3-14(10-15-13-8-9-13)16(4-2)11-12-6-5-7-12/h12-15H,3-11H2,1-2H3. The Bertz CT molecular complexity index is 197. The zero-order valence-corrected chi connectivity index (χ0v) is 11.0. The van der Waals surface area contributed by atoms with Crippen LogP contribution in [-0.2, 0) is 0 Å². The number of nitrogens with one attached hydrogen (secondary N) is 1. The van der Waals surface area contributed by atoms with Crippen LogP contribution in [-0.4, -0.2) is 36.6 Å². The molecule has 0 radical (unpaired) electrons. The van der Waals surface area contributed by atoms with Crippen LogP contribution in [0.1, 0.15) is 52.4 Å². The van der Waals surface area contributed by atoms with Gasteiger partial charge >= 0.3 is 0 Å². The van der Waals surface area contributed by atoms with E-state index in [1.807, 2.05) is 0 Å². The second-order valence-corrected chi connectivity index (χ2v) is 5.63. The highest BCUT2D eigenvalue weighted by atomic mass is 15.2. The molecule has 2 rings (SSSR count). The third kappa shape index (κ3) is 3.46. The van der Waals surface area contributed by atoms with Crippen molar-refractivity contribution in [1.29, 1.82) is 0 Å². The van der Waals surface area contributed by atoms with Gasteiger partial charge in [-0.05, 0) is 44.6 Å².